The van der Waals surface area contributed by atoms with Crippen molar-refractivity contribution in [3.8, 4) is 28.7 Å². The summed E-state index contributed by atoms with van der Waals surface area (Å²) in [5, 5.41) is 13.0. The number of nitrogens with zero attached hydrogens (tertiary/aromatic N) is 2. The molecule has 0 aliphatic carbocycles. The van der Waals surface area contributed by atoms with Crippen LogP contribution in [-0.2, 0) is 0 Å². The van der Waals surface area contributed by atoms with Crippen LogP contribution in [0.15, 0.2) is 46.9 Å². The Hall–Kier alpha value is -3.75. The van der Waals surface area contributed by atoms with Crippen LogP contribution in [-0.4, -0.2) is 37.1 Å². The van der Waals surface area contributed by atoms with Gasteiger partial charge in [-0.05, 0) is 31.2 Å². The molecule has 0 atom stereocenters. The highest BCUT2D eigenvalue weighted by Crippen LogP contribution is 2.41. The van der Waals surface area contributed by atoms with Gasteiger partial charge in [0, 0.05) is 11.3 Å². The molecule has 3 rings (SSSR count). The van der Waals surface area contributed by atoms with E-state index in [0.29, 0.717) is 35.1 Å². The quantitative estimate of drug-likeness (QED) is 0.638. The first-order valence-corrected chi connectivity index (χ1v) is 8.50. The molecule has 0 spiro atoms. The van der Waals surface area contributed by atoms with Gasteiger partial charge < -0.3 is 23.9 Å². The first kappa shape index (κ1) is 19.0. The molecule has 3 aromatic rings. The van der Waals surface area contributed by atoms with Crippen LogP contribution in [0.25, 0.3) is 11.5 Å². The van der Waals surface area contributed by atoms with Crippen molar-refractivity contribution in [1.29, 1.82) is 0 Å². The van der Waals surface area contributed by atoms with Gasteiger partial charge >= 0.3 is 12.0 Å². The van der Waals surface area contributed by atoms with Crippen LogP contribution in [0.4, 0.5) is 16.5 Å². The largest absolute Gasteiger partial charge is 0.493 e. The van der Waals surface area contributed by atoms with Gasteiger partial charge in [-0.2, -0.15) is 0 Å². The number of ether oxygens (including phenoxy) is 3. The maximum atomic E-state index is 12.0. The van der Waals surface area contributed by atoms with Crippen LogP contribution in [0, 0.1) is 0 Å². The van der Waals surface area contributed by atoms with Gasteiger partial charge in [-0.3, -0.25) is 5.32 Å². The summed E-state index contributed by atoms with van der Waals surface area (Å²) in [6.07, 6.45) is 0. The Kier molecular flexibility index (Phi) is 5.95. The van der Waals surface area contributed by atoms with Crippen molar-refractivity contribution in [3.63, 3.8) is 0 Å². The lowest BCUT2D eigenvalue weighted by atomic mass is 10.2. The molecule has 0 aliphatic rings. The molecule has 2 N–H and O–H groups in total. The number of para-hydroxylation sites is 1. The van der Waals surface area contributed by atoms with Crippen LogP contribution >= 0.6 is 0 Å². The Balaban J connectivity index is 1.78. The number of rotatable bonds is 7. The van der Waals surface area contributed by atoms with Gasteiger partial charge in [-0.25, -0.2) is 4.79 Å². The Morgan fingerprint density at radius 2 is 1.71 bits per heavy atom. The van der Waals surface area contributed by atoms with Crippen molar-refractivity contribution in [3.05, 3.63) is 42.5 Å². The molecule has 1 heterocycles. The summed E-state index contributed by atoms with van der Waals surface area (Å²) in [5.41, 5.74) is 1.20. The molecule has 0 saturated carbocycles. The van der Waals surface area contributed by atoms with Crippen molar-refractivity contribution in [2.24, 2.45) is 0 Å². The average molecular weight is 384 g/mol. The van der Waals surface area contributed by atoms with Gasteiger partial charge in [0.25, 0.3) is 0 Å². The van der Waals surface area contributed by atoms with E-state index in [1.807, 2.05) is 25.1 Å². The highest BCUT2D eigenvalue weighted by Gasteiger charge is 2.18. The van der Waals surface area contributed by atoms with Crippen LogP contribution in [0.3, 0.4) is 0 Å². The van der Waals surface area contributed by atoms with E-state index in [1.165, 1.54) is 14.2 Å². The maximum Gasteiger partial charge on any atom is 0.327 e. The van der Waals surface area contributed by atoms with Gasteiger partial charge in [0.1, 0.15) is 0 Å². The molecular formula is C19H20N4O5. The molecule has 28 heavy (non-hydrogen) atoms. The third kappa shape index (κ3) is 4.32. The number of urea groups is 1. The van der Waals surface area contributed by atoms with Crippen molar-refractivity contribution in [2.45, 2.75) is 6.92 Å². The fraction of sp³-hybridized carbons (Fsp3) is 0.211. The summed E-state index contributed by atoms with van der Waals surface area (Å²) in [7, 11) is 3.05. The molecule has 2 amide bonds. The first-order valence-electron chi connectivity index (χ1n) is 8.50. The fourth-order valence-electron chi connectivity index (χ4n) is 2.46. The second kappa shape index (κ2) is 8.76. The van der Waals surface area contributed by atoms with Crippen molar-refractivity contribution >= 4 is 17.7 Å². The number of anilines is 2. The molecule has 0 fully saturated rings. The van der Waals surface area contributed by atoms with Crippen LogP contribution in [0.5, 0.6) is 17.2 Å². The van der Waals surface area contributed by atoms with E-state index in [2.05, 4.69) is 20.8 Å². The molecule has 9 nitrogen and oxygen atoms in total. The Bertz CT molecular complexity index is 918. The number of aromatic nitrogens is 2. The van der Waals surface area contributed by atoms with Gasteiger partial charge in [-0.15, -0.1) is 5.10 Å². The normalized spacial score (nSPS) is 10.2. The van der Waals surface area contributed by atoms with E-state index in [1.54, 1.807) is 24.3 Å². The lowest BCUT2D eigenvalue weighted by Crippen LogP contribution is -2.19. The minimum Gasteiger partial charge on any atom is -0.493 e. The fourth-order valence-corrected chi connectivity index (χ4v) is 2.46. The van der Waals surface area contributed by atoms with Crippen molar-refractivity contribution in [2.75, 3.05) is 31.5 Å². The average Bonchev–Trinajstić information content (AvgIpc) is 3.17. The number of methoxy groups -OCH3 is 2. The maximum absolute atomic E-state index is 12.0. The van der Waals surface area contributed by atoms with Gasteiger partial charge in [-0.1, -0.05) is 23.3 Å². The number of carbonyl (C=O) groups excluding carboxylic acids is 1. The van der Waals surface area contributed by atoms with Gasteiger partial charge in [0.15, 0.2) is 11.5 Å². The standard InChI is InChI=1S/C19H20N4O5/c1-4-27-16-14(25-2)10-12(11-15(16)26-3)17-22-23-19(28-17)21-18(24)20-13-8-6-5-7-9-13/h5-11H,4H2,1-3H3,(H2,20,21,23,24). The molecule has 2 aromatic carbocycles. The molecular weight excluding hydrogens is 364 g/mol. The van der Waals surface area contributed by atoms with Crippen molar-refractivity contribution in [1.82, 2.24) is 10.2 Å². The lowest BCUT2D eigenvalue weighted by molar-refractivity contribution is 0.261. The van der Waals surface area contributed by atoms with Crippen LogP contribution < -0.4 is 24.8 Å². The lowest BCUT2D eigenvalue weighted by Gasteiger charge is -2.14. The molecule has 0 radical (unpaired) electrons. The summed E-state index contributed by atoms with van der Waals surface area (Å²) in [4.78, 5) is 12.0. The monoisotopic (exact) mass is 384 g/mol. The number of amides is 2. The van der Waals surface area contributed by atoms with E-state index in [-0.39, 0.29) is 11.9 Å². The first-order chi connectivity index (χ1) is 13.6. The zero-order valence-corrected chi connectivity index (χ0v) is 15.7. The van der Waals surface area contributed by atoms with Crippen molar-refractivity contribution < 1.29 is 23.4 Å². The zero-order valence-electron chi connectivity index (χ0n) is 15.7. The number of carbonyl (C=O) groups is 1. The Labute approximate surface area is 161 Å². The van der Waals surface area contributed by atoms with Gasteiger partial charge in [0.2, 0.25) is 11.6 Å². The molecule has 9 heteroatoms. The van der Waals surface area contributed by atoms with E-state index in [0.717, 1.165) is 0 Å². The SMILES string of the molecule is CCOc1c(OC)cc(-c2nnc(NC(=O)Nc3ccccc3)o2)cc1OC. The molecule has 146 valence electrons. The minimum atomic E-state index is -0.497. The predicted molar refractivity (Wildman–Crippen MR) is 103 cm³/mol. The summed E-state index contributed by atoms with van der Waals surface area (Å²) < 4.78 is 21.8. The van der Waals surface area contributed by atoms with E-state index in [9.17, 15) is 4.79 Å². The van der Waals surface area contributed by atoms with Crippen LogP contribution in [0.2, 0.25) is 0 Å². The number of hydrogen-bond donors (Lipinski definition) is 2. The van der Waals surface area contributed by atoms with Gasteiger partial charge in [0.05, 0.1) is 20.8 Å². The molecule has 0 saturated heterocycles. The number of benzene rings is 2. The highest BCUT2D eigenvalue weighted by atomic mass is 16.5. The summed E-state index contributed by atoms with van der Waals surface area (Å²) in [5.74, 6) is 1.60. The topological polar surface area (TPSA) is 108 Å². The highest BCUT2D eigenvalue weighted by molar-refractivity contribution is 5.98. The molecule has 0 unspecified atom stereocenters. The number of nitrogens with one attached hydrogen (secondary N) is 2. The number of hydrogen-bond acceptors (Lipinski definition) is 7. The second-order valence-corrected chi connectivity index (χ2v) is 5.50. The van der Waals surface area contributed by atoms with E-state index < -0.39 is 6.03 Å². The van der Waals surface area contributed by atoms with E-state index >= 15 is 0 Å². The zero-order chi connectivity index (χ0) is 19.9. The smallest absolute Gasteiger partial charge is 0.327 e. The van der Waals surface area contributed by atoms with Crippen LogP contribution in [0.1, 0.15) is 6.92 Å². The minimum absolute atomic E-state index is 0.0461. The summed E-state index contributed by atoms with van der Waals surface area (Å²) in [6, 6.07) is 11.8. The summed E-state index contributed by atoms with van der Waals surface area (Å²) in [6.45, 7) is 2.32. The second-order valence-electron chi connectivity index (χ2n) is 5.50. The molecule has 0 aliphatic heterocycles. The Morgan fingerprint density at radius 3 is 2.32 bits per heavy atom. The molecule has 1 aromatic heterocycles. The molecule has 0 bridgehead atoms. The Morgan fingerprint density at radius 1 is 1.04 bits per heavy atom. The summed E-state index contributed by atoms with van der Waals surface area (Å²) >= 11 is 0. The third-order valence-electron chi connectivity index (χ3n) is 3.67. The van der Waals surface area contributed by atoms with E-state index in [4.69, 9.17) is 18.6 Å². The predicted octanol–water partition coefficient (Wildman–Crippen LogP) is 3.80. The third-order valence-corrected chi connectivity index (χ3v) is 3.67.